The molecule has 1 saturated heterocycles. The van der Waals surface area contributed by atoms with Gasteiger partial charge in [-0.3, -0.25) is 4.90 Å². The molecular weight excluding hydrogens is 160 g/mol. The first-order valence-electron chi connectivity index (χ1n) is 5.63. The van der Waals surface area contributed by atoms with Crippen LogP contribution in [-0.4, -0.2) is 36.6 Å². The van der Waals surface area contributed by atoms with Gasteiger partial charge in [0, 0.05) is 31.7 Å². The second-order valence-corrected chi connectivity index (χ2v) is 5.08. The van der Waals surface area contributed by atoms with Crippen molar-refractivity contribution in [2.75, 3.05) is 19.6 Å². The SMILES string of the molecule is CCC1(C)CC1N1CCNC(C)C1. The molecule has 1 saturated carbocycles. The lowest BCUT2D eigenvalue weighted by Crippen LogP contribution is -2.50. The minimum absolute atomic E-state index is 0.650. The first-order chi connectivity index (χ1) is 6.15. The zero-order chi connectivity index (χ0) is 9.47. The highest BCUT2D eigenvalue weighted by atomic mass is 15.3. The van der Waals surface area contributed by atoms with Crippen LogP contribution in [0, 0.1) is 5.41 Å². The van der Waals surface area contributed by atoms with Crippen molar-refractivity contribution >= 4 is 0 Å². The van der Waals surface area contributed by atoms with E-state index in [0.717, 1.165) is 6.04 Å². The molecule has 76 valence electrons. The van der Waals surface area contributed by atoms with E-state index in [1.807, 2.05) is 0 Å². The van der Waals surface area contributed by atoms with Gasteiger partial charge in [-0.05, 0) is 25.2 Å². The maximum absolute atomic E-state index is 3.50. The van der Waals surface area contributed by atoms with Crippen molar-refractivity contribution in [3.05, 3.63) is 0 Å². The van der Waals surface area contributed by atoms with E-state index < -0.39 is 0 Å². The summed E-state index contributed by atoms with van der Waals surface area (Å²) >= 11 is 0. The molecular formula is C11H22N2. The minimum Gasteiger partial charge on any atom is -0.312 e. The number of hydrogen-bond donors (Lipinski definition) is 1. The van der Waals surface area contributed by atoms with E-state index in [1.54, 1.807) is 0 Å². The van der Waals surface area contributed by atoms with Crippen molar-refractivity contribution in [1.29, 1.82) is 0 Å². The molecule has 2 fully saturated rings. The van der Waals surface area contributed by atoms with Gasteiger partial charge in [0.2, 0.25) is 0 Å². The van der Waals surface area contributed by atoms with Crippen LogP contribution in [0.4, 0.5) is 0 Å². The highest BCUT2D eigenvalue weighted by Crippen LogP contribution is 2.51. The predicted octanol–water partition coefficient (Wildman–Crippen LogP) is 1.47. The summed E-state index contributed by atoms with van der Waals surface area (Å²) in [6.07, 6.45) is 2.77. The van der Waals surface area contributed by atoms with E-state index in [9.17, 15) is 0 Å². The molecule has 1 N–H and O–H groups in total. The van der Waals surface area contributed by atoms with Gasteiger partial charge in [-0.25, -0.2) is 0 Å². The molecule has 0 aromatic heterocycles. The number of nitrogens with one attached hydrogen (secondary N) is 1. The van der Waals surface area contributed by atoms with Crippen LogP contribution in [0.2, 0.25) is 0 Å². The van der Waals surface area contributed by atoms with Crippen LogP contribution in [0.5, 0.6) is 0 Å². The molecule has 2 nitrogen and oxygen atoms in total. The summed E-state index contributed by atoms with van der Waals surface area (Å²) in [5.74, 6) is 0. The van der Waals surface area contributed by atoms with Crippen molar-refractivity contribution in [3.63, 3.8) is 0 Å². The fourth-order valence-electron chi connectivity index (χ4n) is 2.58. The Balaban J connectivity index is 1.89. The third-order valence-electron chi connectivity index (χ3n) is 3.95. The van der Waals surface area contributed by atoms with E-state index >= 15 is 0 Å². The Hall–Kier alpha value is -0.0800. The van der Waals surface area contributed by atoms with Crippen molar-refractivity contribution in [1.82, 2.24) is 10.2 Å². The Morgan fingerprint density at radius 2 is 2.31 bits per heavy atom. The molecule has 1 aliphatic carbocycles. The molecule has 0 radical (unpaired) electrons. The van der Waals surface area contributed by atoms with Crippen LogP contribution in [0.3, 0.4) is 0 Å². The quantitative estimate of drug-likeness (QED) is 0.695. The van der Waals surface area contributed by atoms with Crippen LogP contribution < -0.4 is 5.32 Å². The fraction of sp³-hybridized carbons (Fsp3) is 1.00. The van der Waals surface area contributed by atoms with E-state index in [1.165, 1.54) is 32.5 Å². The highest BCUT2D eigenvalue weighted by Gasteiger charge is 2.51. The average Bonchev–Trinajstić information content (AvgIpc) is 2.79. The summed E-state index contributed by atoms with van der Waals surface area (Å²) in [4.78, 5) is 2.69. The van der Waals surface area contributed by atoms with E-state index in [-0.39, 0.29) is 0 Å². The Bertz CT molecular complexity index is 193. The summed E-state index contributed by atoms with van der Waals surface area (Å²) in [7, 11) is 0. The van der Waals surface area contributed by atoms with Gasteiger partial charge in [-0.1, -0.05) is 13.8 Å². The first-order valence-corrected chi connectivity index (χ1v) is 5.63. The largest absolute Gasteiger partial charge is 0.312 e. The van der Waals surface area contributed by atoms with E-state index in [0.29, 0.717) is 11.5 Å². The molecule has 1 aliphatic heterocycles. The lowest BCUT2D eigenvalue weighted by molar-refractivity contribution is 0.175. The lowest BCUT2D eigenvalue weighted by Gasteiger charge is -2.33. The lowest BCUT2D eigenvalue weighted by atomic mass is 10.1. The molecule has 3 unspecified atom stereocenters. The number of nitrogens with zero attached hydrogens (tertiary/aromatic N) is 1. The summed E-state index contributed by atoms with van der Waals surface area (Å²) in [6.45, 7) is 10.7. The second-order valence-electron chi connectivity index (χ2n) is 5.08. The average molecular weight is 182 g/mol. The Morgan fingerprint density at radius 3 is 2.85 bits per heavy atom. The maximum atomic E-state index is 3.50. The van der Waals surface area contributed by atoms with Gasteiger partial charge >= 0.3 is 0 Å². The highest BCUT2D eigenvalue weighted by molar-refractivity contribution is 5.06. The molecule has 1 heterocycles. The molecule has 0 spiro atoms. The van der Waals surface area contributed by atoms with Crippen LogP contribution in [0.15, 0.2) is 0 Å². The molecule has 2 rings (SSSR count). The predicted molar refractivity (Wildman–Crippen MR) is 55.8 cm³/mol. The molecule has 0 aromatic rings. The first kappa shape index (κ1) is 9.47. The molecule has 2 aliphatic rings. The number of piperazine rings is 1. The topological polar surface area (TPSA) is 15.3 Å². The van der Waals surface area contributed by atoms with Crippen molar-refractivity contribution in [3.8, 4) is 0 Å². The van der Waals surface area contributed by atoms with Gasteiger partial charge < -0.3 is 5.32 Å². The van der Waals surface area contributed by atoms with E-state index in [4.69, 9.17) is 0 Å². The second kappa shape index (κ2) is 3.25. The summed E-state index contributed by atoms with van der Waals surface area (Å²) in [6, 6.07) is 1.58. The molecule has 13 heavy (non-hydrogen) atoms. The van der Waals surface area contributed by atoms with Gasteiger partial charge in [0.1, 0.15) is 0 Å². The van der Waals surface area contributed by atoms with E-state index in [2.05, 4.69) is 31.0 Å². The Labute approximate surface area is 81.7 Å². The zero-order valence-corrected chi connectivity index (χ0v) is 9.14. The van der Waals surface area contributed by atoms with Crippen molar-refractivity contribution < 1.29 is 0 Å². The maximum Gasteiger partial charge on any atom is 0.0167 e. The van der Waals surface area contributed by atoms with Crippen LogP contribution in [-0.2, 0) is 0 Å². The normalized spacial score (nSPS) is 46.4. The zero-order valence-electron chi connectivity index (χ0n) is 9.14. The monoisotopic (exact) mass is 182 g/mol. The molecule has 3 atom stereocenters. The van der Waals surface area contributed by atoms with Crippen LogP contribution in [0.1, 0.15) is 33.6 Å². The van der Waals surface area contributed by atoms with Gasteiger partial charge in [0.05, 0.1) is 0 Å². The summed E-state index contributed by atoms with van der Waals surface area (Å²) in [5.41, 5.74) is 0.650. The van der Waals surface area contributed by atoms with Crippen molar-refractivity contribution in [2.45, 2.75) is 45.7 Å². The van der Waals surface area contributed by atoms with Gasteiger partial charge in [-0.15, -0.1) is 0 Å². The van der Waals surface area contributed by atoms with Crippen LogP contribution >= 0.6 is 0 Å². The van der Waals surface area contributed by atoms with Gasteiger partial charge in [0.25, 0.3) is 0 Å². The molecule has 0 bridgehead atoms. The third-order valence-corrected chi connectivity index (χ3v) is 3.95. The standard InChI is InChI=1S/C11H22N2/c1-4-11(3)7-10(11)13-6-5-12-9(2)8-13/h9-10,12H,4-8H2,1-3H3. The molecule has 2 heteroatoms. The molecule has 0 aromatic carbocycles. The van der Waals surface area contributed by atoms with Crippen molar-refractivity contribution in [2.24, 2.45) is 5.41 Å². The van der Waals surface area contributed by atoms with Gasteiger partial charge in [0.15, 0.2) is 0 Å². The number of hydrogen-bond acceptors (Lipinski definition) is 2. The molecule has 0 amide bonds. The minimum atomic E-state index is 0.650. The Kier molecular flexibility index (Phi) is 2.37. The fourth-order valence-corrected chi connectivity index (χ4v) is 2.58. The van der Waals surface area contributed by atoms with Gasteiger partial charge in [-0.2, -0.15) is 0 Å². The smallest absolute Gasteiger partial charge is 0.0167 e. The summed E-state index contributed by atoms with van der Waals surface area (Å²) < 4.78 is 0. The van der Waals surface area contributed by atoms with Crippen LogP contribution in [0.25, 0.3) is 0 Å². The Morgan fingerprint density at radius 1 is 1.54 bits per heavy atom. The number of rotatable bonds is 2. The third kappa shape index (κ3) is 1.75. The summed E-state index contributed by atoms with van der Waals surface area (Å²) in [5, 5.41) is 3.50.